The first kappa shape index (κ1) is 14.8. The Balaban J connectivity index is 4.28. The lowest BCUT2D eigenvalue weighted by molar-refractivity contribution is -0.193. The van der Waals surface area contributed by atoms with Crippen LogP contribution in [0.15, 0.2) is 0 Å². The Kier molecular flexibility index (Phi) is 6.25. The minimum absolute atomic E-state index is 0.171. The van der Waals surface area contributed by atoms with Gasteiger partial charge in [-0.15, -0.1) is 0 Å². The third-order valence-corrected chi connectivity index (χ3v) is 2.67. The van der Waals surface area contributed by atoms with Crippen molar-refractivity contribution in [3.63, 3.8) is 0 Å². The Labute approximate surface area is 90.4 Å². The summed E-state index contributed by atoms with van der Waals surface area (Å²) in [6.07, 6.45) is -0.829. The molecule has 1 N–H and O–H groups in total. The van der Waals surface area contributed by atoms with Gasteiger partial charge < -0.3 is 5.32 Å². The van der Waals surface area contributed by atoms with Crippen molar-refractivity contribution in [1.82, 2.24) is 5.32 Å². The summed E-state index contributed by atoms with van der Waals surface area (Å²) in [6, 6.07) is 0. The monoisotopic (exact) mass is 225 g/mol. The number of hydrogen-bond acceptors (Lipinski definition) is 1. The third kappa shape index (κ3) is 4.87. The second-order valence-corrected chi connectivity index (χ2v) is 4.21. The molecule has 1 nitrogen and oxygen atoms in total. The van der Waals surface area contributed by atoms with Crippen molar-refractivity contribution < 1.29 is 13.2 Å². The maximum atomic E-state index is 12.8. The Morgan fingerprint density at radius 3 is 2.00 bits per heavy atom. The zero-order valence-electron chi connectivity index (χ0n) is 9.88. The molecule has 0 bridgehead atoms. The van der Waals surface area contributed by atoms with E-state index in [4.69, 9.17) is 0 Å². The Morgan fingerprint density at radius 2 is 1.60 bits per heavy atom. The van der Waals surface area contributed by atoms with Gasteiger partial charge in [0.05, 0.1) is 0 Å². The summed E-state index contributed by atoms with van der Waals surface area (Å²) in [5.41, 5.74) is -1.71. The Hall–Kier alpha value is -0.250. The summed E-state index contributed by atoms with van der Waals surface area (Å²) in [7, 11) is 0. The van der Waals surface area contributed by atoms with Gasteiger partial charge in [-0.25, -0.2) is 0 Å². The molecule has 0 aliphatic heterocycles. The van der Waals surface area contributed by atoms with Crippen LogP contribution in [0, 0.1) is 0 Å². The first-order valence-electron chi connectivity index (χ1n) is 5.69. The fourth-order valence-corrected chi connectivity index (χ4v) is 1.46. The van der Waals surface area contributed by atoms with Crippen LogP contribution in [0.1, 0.15) is 52.9 Å². The van der Waals surface area contributed by atoms with Gasteiger partial charge in [0.1, 0.15) is 5.54 Å². The van der Waals surface area contributed by atoms with Gasteiger partial charge in [-0.1, -0.05) is 33.1 Å². The first-order chi connectivity index (χ1) is 6.87. The third-order valence-electron chi connectivity index (χ3n) is 2.67. The van der Waals surface area contributed by atoms with Crippen LogP contribution in [0.4, 0.5) is 13.2 Å². The minimum atomic E-state index is -4.16. The van der Waals surface area contributed by atoms with E-state index < -0.39 is 11.7 Å². The van der Waals surface area contributed by atoms with Crippen molar-refractivity contribution in [3.8, 4) is 0 Å². The maximum absolute atomic E-state index is 12.8. The molecule has 0 aliphatic rings. The molecule has 0 aliphatic carbocycles. The molecule has 0 spiro atoms. The maximum Gasteiger partial charge on any atom is 0.406 e. The van der Waals surface area contributed by atoms with E-state index in [9.17, 15) is 13.2 Å². The molecule has 0 saturated heterocycles. The van der Waals surface area contributed by atoms with Crippen molar-refractivity contribution >= 4 is 0 Å². The van der Waals surface area contributed by atoms with Crippen LogP contribution in [0.2, 0.25) is 0 Å². The fourth-order valence-electron chi connectivity index (χ4n) is 1.46. The molecule has 1 atom stereocenters. The molecule has 0 radical (unpaired) electrons. The number of halogens is 3. The second-order valence-electron chi connectivity index (χ2n) is 4.21. The normalized spacial score (nSPS) is 16.4. The van der Waals surface area contributed by atoms with Crippen molar-refractivity contribution in [2.24, 2.45) is 0 Å². The van der Waals surface area contributed by atoms with Crippen LogP contribution in [0.25, 0.3) is 0 Å². The Morgan fingerprint density at radius 1 is 1.00 bits per heavy atom. The first-order valence-corrected chi connectivity index (χ1v) is 5.69. The van der Waals surface area contributed by atoms with Gasteiger partial charge in [-0.3, -0.25) is 0 Å². The molecule has 1 unspecified atom stereocenters. The molecule has 0 amide bonds. The van der Waals surface area contributed by atoms with E-state index in [0.29, 0.717) is 13.0 Å². The molecule has 92 valence electrons. The SMILES string of the molecule is CCCCCC(C)(NCCC)C(F)(F)F. The van der Waals surface area contributed by atoms with Gasteiger partial charge in [-0.05, 0) is 26.3 Å². The van der Waals surface area contributed by atoms with Crippen LogP contribution in [-0.2, 0) is 0 Å². The number of hydrogen-bond donors (Lipinski definition) is 1. The smallest absolute Gasteiger partial charge is 0.304 e. The zero-order chi connectivity index (χ0) is 11.9. The second kappa shape index (κ2) is 6.36. The van der Waals surface area contributed by atoms with Crippen LogP contribution < -0.4 is 5.32 Å². The van der Waals surface area contributed by atoms with Crippen molar-refractivity contribution in [2.75, 3.05) is 6.54 Å². The van der Waals surface area contributed by atoms with Gasteiger partial charge in [0.2, 0.25) is 0 Å². The molecule has 4 heteroatoms. The van der Waals surface area contributed by atoms with Gasteiger partial charge in [-0.2, -0.15) is 13.2 Å². The van der Waals surface area contributed by atoms with E-state index in [1.807, 2.05) is 13.8 Å². The summed E-state index contributed by atoms with van der Waals surface area (Å²) >= 11 is 0. The Bertz CT molecular complexity index is 168. The molecule has 0 aromatic carbocycles. The molecule has 0 heterocycles. The molecule has 0 aromatic heterocycles. The van der Waals surface area contributed by atoms with Gasteiger partial charge in [0.15, 0.2) is 0 Å². The molecule has 0 aromatic rings. The fraction of sp³-hybridized carbons (Fsp3) is 1.00. The van der Waals surface area contributed by atoms with E-state index in [1.54, 1.807) is 0 Å². The predicted octanol–water partition coefficient (Wildman–Crippen LogP) is 3.89. The van der Waals surface area contributed by atoms with Crippen LogP contribution in [-0.4, -0.2) is 18.3 Å². The van der Waals surface area contributed by atoms with Gasteiger partial charge >= 0.3 is 6.18 Å². The molecule has 15 heavy (non-hydrogen) atoms. The summed E-state index contributed by atoms with van der Waals surface area (Å²) in [6.45, 7) is 5.54. The average molecular weight is 225 g/mol. The lowest BCUT2D eigenvalue weighted by Gasteiger charge is -2.33. The van der Waals surface area contributed by atoms with Crippen molar-refractivity contribution in [3.05, 3.63) is 0 Å². The van der Waals surface area contributed by atoms with E-state index in [1.165, 1.54) is 6.92 Å². The minimum Gasteiger partial charge on any atom is -0.304 e. The predicted molar refractivity (Wildman–Crippen MR) is 56.9 cm³/mol. The molecule has 0 rings (SSSR count). The van der Waals surface area contributed by atoms with E-state index in [-0.39, 0.29) is 6.42 Å². The van der Waals surface area contributed by atoms with Gasteiger partial charge in [0, 0.05) is 0 Å². The molecular weight excluding hydrogens is 203 g/mol. The van der Waals surface area contributed by atoms with Crippen LogP contribution >= 0.6 is 0 Å². The lowest BCUT2D eigenvalue weighted by atomic mass is 9.93. The van der Waals surface area contributed by atoms with Gasteiger partial charge in [0.25, 0.3) is 0 Å². The highest BCUT2D eigenvalue weighted by atomic mass is 19.4. The van der Waals surface area contributed by atoms with Crippen molar-refractivity contribution in [1.29, 1.82) is 0 Å². The summed E-state index contributed by atoms with van der Waals surface area (Å²) in [4.78, 5) is 0. The standard InChI is InChI=1S/C11H22F3N/c1-4-6-7-8-10(3,11(12,13)14)15-9-5-2/h15H,4-9H2,1-3H3. The quantitative estimate of drug-likeness (QED) is 0.648. The average Bonchev–Trinajstić information content (AvgIpc) is 2.13. The lowest BCUT2D eigenvalue weighted by Crippen LogP contribution is -2.54. The van der Waals surface area contributed by atoms with E-state index in [0.717, 1.165) is 19.3 Å². The molecular formula is C11H22F3N. The topological polar surface area (TPSA) is 12.0 Å². The number of alkyl halides is 3. The van der Waals surface area contributed by atoms with E-state index >= 15 is 0 Å². The highest BCUT2D eigenvalue weighted by molar-refractivity contribution is 4.90. The number of nitrogens with one attached hydrogen (secondary N) is 1. The van der Waals surface area contributed by atoms with Crippen LogP contribution in [0.5, 0.6) is 0 Å². The molecule has 0 fully saturated rings. The highest BCUT2D eigenvalue weighted by Gasteiger charge is 2.49. The molecule has 0 saturated carbocycles. The summed E-state index contributed by atoms with van der Waals surface area (Å²) in [5, 5.41) is 2.62. The largest absolute Gasteiger partial charge is 0.406 e. The highest BCUT2D eigenvalue weighted by Crippen LogP contribution is 2.34. The summed E-state index contributed by atoms with van der Waals surface area (Å²) < 4.78 is 38.4. The van der Waals surface area contributed by atoms with Crippen LogP contribution in [0.3, 0.4) is 0 Å². The summed E-state index contributed by atoms with van der Waals surface area (Å²) in [5.74, 6) is 0. The number of rotatable bonds is 7. The van der Waals surface area contributed by atoms with Crippen molar-refractivity contribution in [2.45, 2.75) is 64.6 Å². The zero-order valence-corrected chi connectivity index (χ0v) is 9.88. The van der Waals surface area contributed by atoms with E-state index in [2.05, 4.69) is 5.32 Å². The number of unbranched alkanes of at least 4 members (excludes halogenated alkanes) is 2.